The number of benzene rings is 1. The molecule has 5 nitrogen and oxygen atoms in total. The van der Waals surface area contributed by atoms with Gasteiger partial charge in [-0.25, -0.2) is 0 Å². The molecule has 0 amide bonds. The zero-order chi connectivity index (χ0) is 14.8. The number of hydrogen-bond donors (Lipinski definition) is 0. The van der Waals surface area contributed by atoms with E-state index in [0.29, 0.717) is 28.0 Å². The molecule has 0 aliphatic carbocycles. The molecule has 0 aliphatic heterocycles. The minimum atomic E-state index is -0.429. The summed E-state index contributed by atoms with van der Waals surface area (Å²) in [6.45, 7) is 1.31. The quantitative estimate of drug-likeness (QED) is 0.533. The van der Waals surface area contributed by atoms with E-state index in [1.807, 2.05) is 0 Å². The summed E-state index contributed by atoms with van der Waals surface area (Å²) < 4.78 is 10.4. The lowest BCUT2D eigenvalue weighted by molar-refractivity contribution is -0.131. The molecule has 2 heterocycles. The summed E-state index contributed by atoms with van der Waals surface area (Å²) in [7, 11) is 0. The van der Waals surface area contributed by atoms with Crippen LogP contribution in [0.2, 0.25) is 0 Å². The van der Waals surface area contributed by atoms with E-state index in [0.717, 1.165) is 0 Å². The van der Waals surface area contributed by atoms with Crippen LogP contribution in [0.4, 0.5) is 0 Å². The van der Waals surface area contributed by atoms with Gasteiger partial charge in [-0.05, 0) is 24.3 Å². The Morgan fingerprint density at radius 1 is 1.24 bits per heavy atom. The van der Waals surface area contributed by atoms with Crippen molar-refractivity contribution in [1.82, 2.24) is 4.98 Å². The molecule has 2 aromatic heterocycles. The smallest absolute Gasteiger partial charge is 0.308 e. The first-order chi connectivity index (χ1) is 10.1. The van der Waals surface area contributed by atoms with E-state index in [2.05, 4.69) is 4.98 Å². The Morgan fingerprint density at radius 3 is 2.81 bits per heavy atom. The SMILES string of the molecule is CC(=O)Oc1ccc2c(=O)c(-c3ccccn3)coc2c1. The van der Waals surface area contributed by atoms with Gasteiger partial charge in [0.05, 0.1) is 16.6 Å². The minimum absolute atomic E-state index is 0.177. The van der Waals surface area contributed by atoms with Crippen molar-refractivity contribution in [2.45, 2.75) is 6.92 Å². The van der Waals surface area contributed by atoms with Crippen LogP contribution in [0, 0.1) is 0 Å². The summed E-state index contributed by atoms with van der Waals surface area (Å²) in [4.78, 5) is 27.5. The molecule has 3 aromatic rings. The van der Waals surface area contributed by atoms with Crippen LogP contribution in [-0.4, -0.2) is 11.0 Å². The van der Waals surface area contributed by atoms with Crippen molar-refractivity contribution >= 4 is 16.9 Å². The number of esters is 1. The zero-order valence-corrected chi connectivity index (χ0v) is 11.2. The average Bonchev–Trinajstić information content (AvgIpc) is 2.48. The van der Waals surface area contributed by atoms with Gasteiger partial charge in [0.25, 0.3) is 0 Å². The van der Waals surface area contributed by atoms with Crippen LogP contribution >= 0.6 is 0 Å². The van der Waals surface area contributed by atoms with Crippen LogP contribution in [0.25, 0.3) is 22.2 Å². The van der Waals surface area contributed by atoms with Crippen molar-refractivity contribution in [2.75, 3.05) is 0 Å². The van der Waals surface area contributed by atoms with Gasteiger partial charge < -0.3 is 9.15 Å². The Hall–Kier alpha value is -2.95. The van der Waals surface area contributed by atoms with Crippen molar-refractivity contribution in [1.29, 1.82) is 0 Å². The fourth-order valence-corrected chi connectivity index (χ4v) is 2.04. The molecule has 0 atom stereocenters. The predicted molar refractivity (Wildman–Crippen MR) is 77.0 cm³/mol. The first-order valence-electron chi connectivity index (χ1n) is 6.30. The maximum Gasteiger partial charge on any atom is 0.308 e. The van der Waals surface area contributed by atoms with Crippen LogP contribution in [-0.2, 0) is 4.79 Å². The number of ether oxygens (including phenoxy) is 1. The molecule has 0 radical (unpaired) electrons. The van der Waals surface area contributed by atoms with Gasteiger partial charge in [0, 0.05) is 19.2 Å². The number of carbonyl (C=O) groups is 1. The highest BCUT2D eigenvalue weighted by Gasteiger charge is 2.11. The Morgan fingerprint density at radius 2 is 2.10 bits per heavy atom. The highest BCUT2D eigenvalue weighted by Crippen LogP contribution is 2.22. The number of pyridine rings is 1. The Balaban J connectivity index is 2.14. The Labute approximate surface area is 119 Å². The molecule has 1 aromatic carbocycles. The van der Waals surface area contributed by atoms with Crippen molar-refractivity contribution in [3.05, 3.63) is 59.1 Å². The van der Waals surface area contributed by atoms with Gasteiger partial charge in [-0.3, -0.25) is 14.6 Å². The topological polar surface area (TPSA) is 69.4 Å². The highest BCUT2D eigenvalue weighted by atomic mass is 16.5. The van der Waals surface area contributed by atoms with E-state index >= 15 is 0 Å². The molecule has 3 rings (SSSR count). The first-order valence-corrected chi connectivity index (χ1v) is 6.30. The molecule has 0 spiro atoms. The second-order valence-corrected chi connectivity index (χ2v) is 4.45. The summed E-state index contributed by atoms with van der Waals surface area (Å²) in [6.07, 6.45) is 2.98. The van der Waals surface area contributed by atoms with Gasteiger partial charge in [0.15, 0.2) is 0 Å². The molecule has 21 heavy (non-hydrogen) atoms. The van der Waals surface area contributed by atoms with Crippen molar-refractivity contribution < 1.29 is 13.9 Å². The van der Waals surface area contributed by atoms with Crippen LogP contribution in [0.5, 0.6) is 5.75 Å². The Kier molecular flexibility index (Phi) is 3.23. The van der Waals surface area contributed by atoms with Crippen LogP contribution in [0.1, 0.15) is 6.92 Å². The molecule has 104 valence electrons. The summed E-state index contributed by atoms with van der Waals surface area (Å²) in [5.41, 5.74) is 1.13. The van der Waals surface area contributed by atoms with Crippen molar-refractivity contribution in [2.24, 2.45) is 0 Å². The summed E-state index contributed by atoms with van der Waals surface area (Å²) >= 11 is 0. The molecule has 0 N–H and O–H groups in total. The molecule has 0 saturated heterocycles. The van der Waals surface area contributed by atoms with E-state index < -0.39 is 5.97 Å². The number of fused-ring (bicyclic) bond motifs is 1. The highest BCUT2D eigenvalue weighted by molar-refractivity contribution is 5.82. The fourth-order valence-electron chi connectivity index (χ4n) is 2.04. The molecule has 0 bridgehead atoms. The average molecular weight is 281 g/mol. The maximum atomic E-state index is 12.5. The van der Waals surface area contributed by atoms with E-state index in [4.69, 9.17) is 9.15 Å². The van der Waals surface area contributed by atoms with Crippen molar-refractivity contribution in [3.8, 4) is 17.0 Å². The summed E-state index contributed by atoms with van der Waals surface area (Å²) in [5, 5.41) is 0.411. The van der Waals surface area contributed by atoms with E-state index in [1.54, 1.807) is 36.5 Å². The lowest BCUT2D eigenvalue weighted by atomic mass is 10.1. The third-order valence-corrected chi connectivity index (χ3v) is 2.95. The lowest BCUT2D eigenvalue weighted by Crippen LogP contribution is -2.06. The van der Waals surface area contributed by atoms with Gasteiger partial charge in [0.2, 0.25) is 5.43 Å². The second-order valence-electron chi connectivity index (χ2n) is 4.45. The van der Waals surface area contributed by atoms with Gasteiger partial charge in [0.1, 0.15) is 17.6 Å². The van der Waals surface area contributed by atoms with Crippen LogP contribution in [0.3, 0.4) is 0 Å². The Bertz CT molecular complexity index is 868. The molecular formula is C16H11NO4. The number of carbonyl (C=O) groups excluding carboxylic acids is 1. The molecule has 0 aliphatic rings. The molecule has 0 fully saturated rings. The normalized spacial score (nSPS) is 10.5. The summed E-state index contributed by atoms with van der Waals surface area (Å²) in [5.74, 6) is -0.0921. The van der Waals surface area contributed by atoms with E-state index in [1.165, 1.54) is 19.3 Å². The zero-order valence-electron chi connectivity index (χ0n) is 11.2. The van der Waals surface area contributed by atoms with Gasteiger partial charge in [-0.2, -0.15) is 0 Å². The molecular weight excluding hydrogens is 270 g/mol. The fraction of sp³-hybridized carbons (Fsp3) is 0.0625. The lowest BCUT2D eigenvalue weighted by Gasteiger charge is -2.04. The maximum absolute atomic E-state index is 12.5. The summed E-state index contributed by atoms with van der Waals surface area (Å²) in [6, 6.07) is 9.97. The molecule has 0 saturated carbocycles. The third kappa shape index (κ3) is 2.53. The standard InChI is InChI=1S/C16H11NO4/c1-10(18)21-11-5-6-12-15(8-11)20-9-13(16(12)19)14-4-2-3-7-17-14/h2-9H,1H3. The first kappa shape index (κ1) is 13.1. The third-order valence-electron chi connectivity index (χ3n) is 2.95. The van der Waals surface area contributed by atoms with Crippen LogP contribution < -0.4 is 10.2 Å². The van der Waals surface area contributed by atoms with Crippen molar-refractivity contribution in [3.63, 3.8) is 0 Å². The number of nitrogens with zero attached hydrogens (tertiary/aromatic N) is 1. The van der Waals surface area contributed by atoms with E-state index in [9.17, 15) is 9.59 Å². The second kappa shape index (κ2) is 5.20. The minimum Gasteiger partial charge on any atom is -0.463 e. The largest absolute Gasteiger partial charge is 0.463 e. The monoisotopic (exact) mass is 281 g/mol. The van der Waals surface area contributed by atoms with E-state index in [-0.39, 0.29) is 5.43 Å². The number of rotatable bonds is 2. The molecule has 0 unspecified atom stereocenters. The predicted octanol–water partition coefficient (Wildman–Crippen LogP) is 2.78. The van der Waals surface area contributed by atoms with Gasteiger partial charge in [-0.15, -0.1) is 0 Å². The molecule has 5 heteroatoms. The van der Waals surface area contributed by atoms with Crippen LogP contribution in [0.15, 0.2) is 58.1 Å². The van der Waals surface area contributed by atoms with Gasteiger partial charge >= 0.3 is 5.97 Å². The number of hydrogen-bond acceptors (Lipinski definition) is 5. The number of aromatic nitrogens is 1. The van der Waals surface area contributed by atoms with Gasteiger partial charge in [-0.1, -0.05) is 6.07 Å².